The van der Waals surface area contributed by atoms with Crippen LogP contribution in [0.1, 0.15) is 18.4 Å². The second kappa shape index (κ2) is 7.00. The Morgan fingerprint density at radius 1 is 1.19 bits per heavy atom. The number of hydrogen-bond donors (Lipinski definition) is 1. The molecule has 2 fully saturated rings. The minimum atomic E-state index is 0.0981. The maximum atomic E-state index is 12.3. The zero-order chi connectivity index (χ0) is 14.5. The number of rotatable bonds is 4. The first-order valence-corrected chi connectivity index (χ1v) is 7.67. The van der Waals surface area contributed by atoms with E-state index >= 15 is 0 Å². The number of ether oxygens (including phenoxy) is 2. The van der Waals surface area contributed by atoms with E-state index in [-0.39, 0.29) is 17.9 Å². The summed E-state index contributed by atoms with van der Waals surface area (Å²) in [6, 6.07) is 4.17. The maximum absolute atomic E-state index is 12.3. The quantitative estimate of drug-likeness (QED) is 0.904. The van der Waals surface area contributed by atoms with Crippen molar-refractivity contribution in [1.82, 2.24) is 10.3 Å². The Morgan fingerprint density at radius 3 is 2.71 bits per heavy atom. The van der Waals surface area contributed by atoms with Crippen LogP contribution in [0, 0.1) is 11.8 Å². The highest BCUT2D eigenvalue weighted by Gasteiger charge is 2.32. The van der Waals surface area contributed by atoms with Crippen LogP contribution in [-0.4, -0.2) is 43.4 Å². The normalized spacial score (nSPS) is 26.7. The lowest BCUT2D eigenvalue weighted by Gasteiger charge is -2.25. The van der Waals surface area contributed by atoms with Crippen molar-refractivity contribution >= 4 is 5.91 Å². The molecule has 3 heterocycles. The van der Waals surface area contributed by atoms with Crippen molar-refractivity contribution < 1.29 is 14.3 Å². The highest BCUT2D eigenvalue weighted by atomic mass is 16.5. The predicted octanol–water partition coefficient (Wildman–Crippen LogP) is 1.18. The molecule has 21 heavy (non-hydrogen) atoms. The van der Waals surface area contributed by atoms with Gasteiger partial charge in [0.05, 0.1) is 19.3 Å². The van der Waals surface area contributed by atoms with Gasteiger partial charge in [-0.25, -0.2) is 0 Å². The highest BCUT2D eigenvalue weighted by molar-refractivity contribution is 5.79. The van der Waals surface area contributed by atoms with E-state index in [1.165, 1.54) is 5.56 Å². The second-order valence-corrected chi connectivity index (χ2v) is 5.86. The monoisotopic (exact) mass is 290 g/mol. The Morgan fingerprint density at radius 2 is 1.95 bits per heavy atom. The summed E-state index contributed by atoms with van der Waals surface area (Å²) in [6.07, 6.45) is 6.19. The molecule has 1 aromatic rings. The molecule has 0 bridgehead atoms. The summed E-state index contributed by atoms with van der Waals surface area (Å²) in [6.45, 7) is 2.71. The molecule has 2 atom stereocenters. The molecule has 1 aromatic heterocycles. The first-order chi connectivity index (χ1) is 10.3. The second-order valence-electron chi connectivity index (χ2n) is 5.86. The van der Waals surface area contributed by atoms with Crippen LogP contribution < -0.4 is 5.32 Å². The standard InChI is InChI=1S/C16H22N2O3/c19-16(13-3-7-20-8-4-13)18-15-11-21-10-14(15)9-12-1-5-17-6-2-12/h1-2,5-6,13-15H,3-4,7-11H2,(H,18,19)/t14-,15-/m1/s1. The number of amides is 1. The van der Waals surface area contributed by atoms with Gasteiger partial charge in [0.15, 0.2) is 0 Å². The Balaban J connectivity index is 1.55. The molecule has 3 rings (SSSR count). The molecule has 2 saturated heterocycles. The molecule has 0 spiro atoms. The van der Waals surface area contributed by atoms with E-state index in [9.17, 15) is 4.79 Å². The van der Waals surface area contributed by atoms with Gasteiger partial charge in [0.1, 0.15) is 0 Å². The van der Waals surface area contributed by atoms with E-state index in [2.05, 4.69) is 10.3 Å². The van der Waals surface area contributed by atoms with Crippen LogP contribution in [0.3, 0.4) is 0 Å². The Labute approximate surface area is 125 Å². The van der Waals surface area contributed by atoms with Crippen molar-refractivity contribution in [2.45, 2.75) is 25.3 Å². The van der Waals surface area contributed by atoms with Crippen molar-refractivity contribution in [2.24, 2.45) is 11.8 Å². The summed E-state index contributed by atoms with van der Waals surface area (Å²) >= 11 is 0. The lowest BCUT2D eigenvalue weighted by Crippen LogP contribution is -2.44. The van der Waals surface area contributed by atoms with Crippen LogP contribution in [0.25, 0.3) is 0 Å². The maximum Gasteiger partial charge on any atom is 0.223 e. The van der Waals surface area contributed by atoms with Gasteiger partial charge in [-0.05, 0) is 37.0 Å². The van der Waals surface area contributed by atoms with Gasteiger partial charge in [0.25, 0.3) is 0 Å². The summed E-state index contributed by atoms with van der Waals surface area (Å²) in [5.41, 5.74) is 1.24. The van der Waals surface area contributed by atoms with Crippen molar-refractivity contribution in [3.63, 3.8) is 0 Å². The number of carbonyl (C=O) groups is 1. The fourth-order valence-corrected chi connectivity index (χ4v) is 3.04. The Bertz CT molecular complexity index is 460. The predicted molar refractivity (Wildman–Crippen MR) is 77.7 cm³/mol. The molecule has 0 aliphatic carbocycles. The molecule has 0 radical (unpaired) electrons. The van der Waals surface area contributed by atoms with Crippen LogP contribution in [0.2, 0.25) is 0 Å². The van der Waals surface area contributed by atoms with Crippen LogP contribution in [0.4, 0.5) is 0 Å². The summed E-state index contributed by atoms with van der Waals surface area (Å²) in [7, 11) is 0. The van der Waals surface area contributed by atoms with E-state index in [0.29, 0.717) is 32.3 Å². The third kappa shape index (κ3) is 3.80. The zero-order valence-electron chi connectivity index (χ0n) is 12.2. The number of pyridine rings is 1. The van der Waals surface area contributed by atoms with E-state index in [4.69, 9.17) is 9.47 Å². The first kappa shape index (κ1) is 14.5. The summed E-state index contributed by atoms with van der Waals surface area (Å²) in [4.78, 5) is 16.4. The highest BCUT2D eigenvalue weighted by Crippen LogP contribution is 2.21. The molecule has 5 nitrogen and oxygen atoms in total. The molecule has 1 amide bonds. The van der Waals surface area contributed by atoms with Gasteiger partial charge >= 0.3 is 0 Å². The lowest BCUT2D eigenvalue weighted by atomic mass is 9.93. The van der Waals surface area contributed by atoms with Gasteiger partial charge in [-0.15, -0.1) is 0 Å². The summed E-state index contributed by atoms with van der Waals surface area (Å²) in [5, 5.41) is 3.18. The fraction of sp³-hybridized carbons (Fsp3) is 0.625. The molecular formula is C16H22N2O3. The van der Waals surface area contributed by atoms with Gasteiger partial charge in [0.2, 0.25) is 5.91 Å². The minimum absolute atomic E-state index is 0.0981. The fourth-order valence-electron chi connectivity index (χ4n) is 3.04. The van der Waals surface area contributed by atoms with Gasteiger partial charge < -0.3 is 14.8 Å². The van der Waals surface area contributed by atoms with E-state index in [0.717, 1.165) is 19.3 Å². The molecular weight excluding hydrogens is 268 g/mol. The molecule has 0 unspecified atom stereocenters. The molecule has 2 aliphatic heterocycles. The number of aromatic nitrogens is 1. The largest absolute Gasteiger partial charge is 0.381 e. The molecule has 0 aromatic carbocycles. The topological polar surface area (TPSA) is 60.5 Å². The van der Waals surface area contributed by atoms with Gasteiger partial charge in [-0.2, -0.15) is 0 Å². The van der Waals surface area contributed by atoms with E-state index in [1.807, 2.05) is 12.1 Å². The van der Waals surface area contributed by atoms with Crippen LogP contribution in [0.5, 0.6) is 0 Å². The van der Waals surface area contributed by atoms with Crippen LogP contribution in [0.15, 0.2) is 24.5 Å². The van der Waals surface area contributed by atoms with Gasteiger partial charge in [-0.3, -0.25) is 9.78 Å². The van der Waals surface area contributed by atoms with Crippen molar-refractivity contribution in [1.29, 1.82) is 0 Å². The number of carbonyl (C=O) groups excluding carboxylic acids is 1. The average molecular weight is 290 g/mol. The average Bonchev–Trinajstić information content (AvgIpc) is 2.96. The molecule has 1 N–H and O–H groups in total. The molecule has 114 valence electrons. The minimum Gasteiger partial charge on any atom is -0.381 e. The van der Waals surface area contributed by atoms with Crippen molar-refractivity contribution in [3.8, 4) is 0 Å². The number of hydrogen-bond acceptors (Lipinski definition) is 4. The van der Waals surface area contributed by atoms with Gasteiger partial charge in [0, 0.05) is 37.4 Å². The third-order valence-corrected chi connectivity index (χ3v) is 4.37. The van der Waals surface area contributed by atoms with E-state index < -0.39 is 0 Å². The van der Waals surface area contributed by atoms with Crippen molar-refractivity contribution in [2.75, 3.05) is 26.4 Å². The van der Waals surface area contributed by atoms with Crippen LogP contribution >= 0.6 is 0 Å². The van der Waals surface area contributed by atoms with Gasteiger partial charge in [-0.1, -0.05) is 0 Å². The SMILES string of the molecule is O=C(N[C@@H]1COC[C@H]1Cc1ccncc1)C1CCOCC1. The molecule has 2 aliphatic rings. The summed E-state index contributed by atoms with van der Waals surface area (Å²) < 4.78 is 10.9. The lowest BCUT2D eigenvalue weighted by molar-refractivity contribution is -0.128. The zero-order valence-corrected chi connectivity index (χ0v) is 12.2. The first-order valence-electron chi connectivity index (χ1n) is 7.67. The number of nitrogens with one attached hydrogen (secondary N) is 1. The Hall–Kier alpha value is -1.46. The Kier molecular flexibility index (Phi) is 4.83. The summed E-state index contributed by atoms with van der Waals surface area (Å²) in [5.74, 6) is 0.602. The van der Waals surface area contributed by atoms with E-state index in [1.54, 1.807) is 12.4 Å². The van der Waals surface area contributed by atoms with Crippen LogP contribution in [-0.2, 0) is 20.7 Å². The third-order valence-electron chi connectivity index (χ3n) is 4.37. The van der Waals surface area contributed by atoms with Crippen molar-refractivity contribution in [3.05, 3.63) is 30.1 Å². The molecule has 5 heteroatoms. The smallest absolute Gasteiger partial charge is 0.223 e. The molecule has 0 saturated carbocycles. The number of nitrogens with zero attached hydrogens (tertiary/aromatic N) is 1.